The Hall–Kier alpha value is -0.570. The molecule has 0 aromatic rings. The quantitative estimate of drug-likeness (QED) is 0.852. The highest BCUT2D eigenvalue weighted by atomic mass is 16.2. The molecular formula is C16H30N2O. The monoisotopic (exact) mass is 266 g/mol. The van der Waals surface area contributed by atoms with Crippen molar-refractivity contribution in [3.8, 4) is 0 Å². The predicted molar refractivity (Wildman–Crippen MR) is 79.0 cm³/mol. The third kappa shape index (κ3) is 3.31. The number of likely N-dealkylation sites (tertiary alicyclic amines) is 1. The topological polar surface area (TPSA) is 32.3 Å². The van der Waals surface area contributed by atoms with Gasteiger partial charge < -0.3 is 10.2 Å². The van der Waals surface area contributed by atoms with Crippen molar-refractivity contribution >= 4 is 5.91 Å². The van der Waals surface area contributed by atoms with Gasteiger partial charge in [0.1, 0.15) is 0 Å². The number of rotatable bonds is 3. The van der Waals surface area contributed by atoms with E-state index in [0.29, 0.717) is 17.7 Å². The van der Waals surface area contributed by atoms with Crippen LogP contribution >= 0.6 is 0 Å². The van der Waals surface area contributed by atoms with Crippen LogP contribution in [0, 0.1) is 17.3 Å². The maximum Gasteiger partial charge on any atom is 0.228 e. The number of nitrogens with zero attached hydrogens (tertiary/aromatic N) is 1. The average molecular weight is 266 g/mol. The first-order chi connectivity index (χ1) is 9.07. The molecule has 2 aliphatic heterocycles. The summed E-state index contributed by atoms with van der Waals surface area (Å²) >= 11 is 0. The summed E-state index contributed by atoms with van der Waals surface area (Å²) < 4.78 is 0. The van der Waals surface area contributed by atoms with Crippen LogP contribution in [-0.4, -0.2) is 37.0 Å². The van der Waals surface area contributed by atoms with Gasteiger partial charge in [0, 0.05) is 13.1 Å². The first kappa shape index (κ1) is 14.8. The van der Waals surface area contributed by atoms with Crippen LogP contribution in [0.15, 0.2) is 0 Å². The molecule has 2 fully saturated rings. The molecular weight excluding hydrogens is 236 g/mol. The van der Waals surface area contributed by atoms with Gasteiger partial charge in [-0.05, 0) is 50.6 Å². The fraction of sp³-hybridized carbons (Fsp3) is 0.938. The molecule has 0 radical (unpaired) electrons. The highest BCUT2D eigenvalue weighted by molar-refractivity contribution is 5.83. The number of piperidine rings is 2. The summed E-state index contributed by atoms with van der Waals surface area (Å²) in [5.41, 5.74) is -0.0587. The molecule has 2 unspecified atom stereocenters. The fourth-order valence-electron chi connectivity index (χ4n) is 4.12. The van der Waals surface area contributed by atoms with Gasteiger partial charge in [0.05, 0.1) is 5.41 Å². The lowest BCUT2D eigenvalue weighted by atomic mass is 9.73. The van der Waals surface area contributed by atoms with Crippen LogP contribution in [0.2, 0.25) is 0 Å². The standard InChI is InChI=1S/C16H30N2O/c1-4-5-16(6-8-17-9-7-16)15(19)18-11-13(2)10-14(3)12-18/h13-14,17H,4-12H2,1-3H3. The zero-order chi connectivity index (χ0) is 13.9. The Bertz CT molecular complexity index is 294. The fourth-order valence-corrected chi connectivity index (χ4v) is 4.12. The molecule has 0 spiro atoms. The van der Waals surface area contributed by atoms with E-state index in [0.717, 1.165) is 51.9 Å². The van der Waals surface area contributed by atoms with Crippen LogP contribution in [0.4, 0.5) is 0 Å². The largest absolute Gasteiger partial charge is 0.342 e. The first-order valence-electron chi connectivity index (χ1n) is 8.07. The Labute approximate surface area is 118 Å². The lowest BCUT2D eigenvalue weighted by Gasteiger charge is -2.43. The minimum atomic E-state index is -0.0587. The molecule has 0 bridgehead atoms. The summed E-state index contributed by atoms with van der Waals surface area (Å²) in [6.45, 7) is 10.7. The van der Waals surface area contributed by atoms with Crippen molar-refractivity contribution in [3.05, 3.63) is 0 Å². The number of amides is 1. The lowest BCUT2D eigenvalue weighted by Crippen LogP contribution is -2.52. The van der Waals surface area contributed by atoms with E-state index in [1.165, 1.54) is 6.42 Å². The Morgan fingerprint density at radius 1 is 1.21 bits per heavy atom. The summed E-state index contributed by atoms with van der Waals surface area (Å²) in [5.74, 6) is 1.77. The van der Waals surface area contributed by atoms with Crippen molar-refractivity contribution in [2.75, 3.05) is 26.2 Å². The SMILES string of the molecule is CCCC1(C(=O)N2CC(C)CC(C)C2)CCNCC1. The molecule has 2 saturated heterocycles. The summed E-state index contributed by atoms with van der Waals surface area (Å²) in [5, 5.41) is 3.40. The molecule has 110 valence electrons. The van der Waals surface area contributed by atoms with E-state index < -0.39 is 0 Å². The highest BCUT2D eigenvalue weighted by Gasteiger charge is 2.42. The van der Waals surface area contributed by atoms with Gasteiger partial charge in [0.15, 0.2) is 0 Å². The van der Waals surface area contributed by atoms with E-state index in [-0.39, 0.29) is 5.41 Å². The predicted octanol–water partition coefficient (Wildman–Crippen LogP) is 2.66. The average Bonchev–Trinajstić information content (AvgIpc) is 2.38. The minimum absolute atomic E-state index is 0.0587. The maximum absolute atomic E-state index is 13.1. The molecule has 1 N–H and O–H groups in total. The summed E-state index contributed by atoms with van der Waals surface area (Å²) in [7, 11) is 0. The van der Waals surface area contributed by atoms with E-state index in [1.54, 1.807) is 0 Å². The number of carbonyl (C=O) groups excluding carboxylic acids is 1. The normalized spacial score (nSPS) is 31.2. The molecule has 3 heteroatoms. The van der Waals surface area contributed by atoms with Crippen molar-refractivity contribution in [3.63, 3.8) is 0 Å². The van der Waals surface area contributed by atoms with Gasteiger partial charge in [0.2, 0.25) is 5.91 Å². The zero-order valence-corrected chi connectivity index (χ0v) is 12.9. The number of carbonyl (C=O) groups is 1. The van der Waals surface area contributed by atoms with Crippen LogP contribution in [-0.2, 0) is 4.79 Å². The number of nitrogens with one attached hydrogen (secondary N) is 1. The molecule has 19 heavy (non-hydrogen) atoms. The third-order valence-corrected chi connectivity index (χ3v) is 4.90. The van der Waals surface area contributed by atoms with Crippen LogP contribution in [0.25, 0.3) is 0 Å². The van der Waals surface area contributed by atoms with Crippen LogP contribution in [0.5, 0.6) is 0 Å². The molecule has 1 amide bonds. The Morgan fingerprint density at radius 3 is 2.32 bits per heavy atom. The van der Waals surface area contributed by atoms with Crippen LogP contribution in [0.1, 0.15) is 52.9 Å². The summed E-state index contributed by atoms with van der Waals surface area (Å²) in [4.78, 5) is 15.2. The molecule has 3 nitrogen and oxygen atoms in total. The smallest absolute Gasteiger partial charge is 0.228 e. The Morgan fingerprint density at radius 2 is 1.79 bits per heavy atom. The molecule has 2 aliphatic rings. The Kier molecular flexibility index (Phi) is 4.88. The molecule has 0 aromatic carbocycles. The van der Waals surface area contributed by atoms with Crippen molar-refractivity contribution in [2.45, 2.75) is 52.9 Å². The first-order valence-corrected chi connectivity index (χ1v) is 8.07. The van der Waals surface area contributed by atoms with Gasteiger partial charge in [0.25, 0.3) is 0 Å². The summed E-state index contributed by atoms with van der Waals surface area (Å²) in [6, 6.07) is 0. The number of hydrogen-bond donors (Lipinski definition) is 1. The van der Waals surface area contributed by atoms with Crippen LogP contribution in [0.3, 0.4) is 0 Å². The second kappa shape index (κ2) is 6.25. The lowest BCUT2D eigenvalue weighted by molar-refractivity contribution is -0.147. The minimum Gasteiger partial charge on any atom is -0.342 e. The van der Waals surface area contributed by atoms with Crippen LogP contribution < -0.4 is 5.32 Å². The van der Waals surface area contributed by atoms with E-state index in [1.807, 2.05) is 0 Å². The van der Waals surface area contributed by atoms with Gasteiger partial charge in [-0.15, -0.1) is 0 Å². The Balaban J connectivity index is 2.10. The molecule has 0 aliphatic carbocycles. The van der Waals surface area contributed by atoms with Gasteiger partial charge >= 0.3 is 0 Å². The maximum atomic E-state index is 13.1. The third-order valence-electron chi connectivity index (χ3n) is 4.90. The second-order valence-electron chi connectivity index (χ2n) is 6.94. The van der Waals surface area contributed by atoms with Crippen molar-refractivity contribution in [1.29, 1.82) is 0 Å². The van der Waals surface area contributed by atoms with Gasteiger partial charge in [-0.2, -0.15) is 0 Å². The zero-order valence-electron chi connectivity index (χ0n) is 12.9. The van der Waals surface area contributed by atoms with Crippen molar-refractivity contribution < 1.29 is 4.79 Å². The molecule has 2 rings (SSSR count). The van der Waals surface area contributed by atoms with Crippen molar-refractivity contribution in [2.24, 2.45) is 17.3 Å². The van der Waals surface area contributed by atoms with Gasteiger partial charge in [-0.1, -0.05) is 27.2 Å². The van der Waals surface area contributed by atoms with Gasteiger partial charge in [-0.3, -0.25) is 4.79 Å². The van der Waals surface area contributed by atoms with Gasteiger partial charge in [-0.25, -0.2) is 0 Å². The molecule has 0 aromatic heterocycles. The molecule has 2 atom stereocenters. The number of hydrogen-bond acceptors (Lipinski definition) is 2. The van der Waals surface area contributed by atoms with E-state index in [4.69, 9.17) is 0 Å². The van der Waals surface area contributed by atoms with E-state index >= 15 is 0 Å². The highest BCUT2D eigenvalue weighted by Crippen LogP contribution is 2.37. The van der Waals surface area contributed by atoms with Crippen molar-refractivity contribution in [1.82, 2.24) is 10.2 Å². The van der Waals surface area contributed by atoms with E-state index in [9.17, 15) is 4.79 Å². The molecule has 2 heterocycles. The van der Waals surface area contributed by atoms with E-state index in [2.05, 4.69) is 31.0 Å². The second-order valence-corrected chi connectivity index (χ2v) is 6.94. The molecule has 0 saturated carbocycles. The summed E-state index contributed by atoms with van der Waals surface area (Å²) in [6.07, 6.45) is 5.50.